The number of benzene rings is 1. The van der Waals surface area contributed by atoms with Crippen molar-refractivity contribution in [3.8, 4) is 5.75 Å². The van der Waals surface area contributed by atoms with Crippen LogP contribution in [-0.2, 0) is 14.8 Å². The molecule has 0 heterocycles. The van der Waals surface area contributed by atoms with Gasteiger partial charge in [-0.3, -0.25) is 4.79 Å². The van der Waals surface area contributed by atoms with Crippen molar-refractivity contribution in [1.82, 2.24) is 10.0 Å². The van der Waals surface area contributed by atoms with Crippen LogP contribution >= 0.6 is 11.6 Å². The van der Waals surface area contributed by atoms with E-state index < -0.39 is 10.0 Å². The second-order valence-corrected chi connectivity index (χ2v) is 7.32. The highest BCUT2D eigenvalue weighted by Crippen LogP contribution is 2.26. The van der Waals surface area contributed by atoms with Gasteiger partial charge in [0.05, 0.1) is 13.7 Å². The lowest BCUT2D eigenvalue weighted by Crippen LogP contribution is -2.37. The van der Waals surface area contributed by atoms with Crippen molar-refractivity contribution in [1.29, 1.82) is 0 Å². The Morgan fingerprint density at radius 2 is 2.05 bits per heavy atom. The van der Waals surface area contributed by atoms with Crippen LogP contribution in [0.15, 0.2) is 23.1 Å². The topological polar surface area (TPSA) is 84.5 Å². The SMILES string of the molecule is COc1ccc(Cl)cc1S(=O)(=O)NCC(=O)NCCC(C)C. The predicted molar refractivity (Wildman–Crippen MR) is 85.7 cm³/mol. The van der Waals surface area contributed by atoms with Crippen LogP contribution in [-0.4, -0.2) is 34.5 Å². The number of carbonyl (C=O) groups excluding carboxylic acids is 1. The summed E-state index contributed by atoms with van der Waals surface area (Å²) >= 11 is 5.81. The van der Waals surface area contributed by atoms with Crippen molar-refractivity contribution in [3.05, 3.63) is 23.2 Å². The van der Waals surface area contributed by atoms with Gasteiger partial charge in [0.15, 0.2) is 0 Å². The average molecular weight is 349 g/mol. The predicted octanol–water partition coefficient (Wildman–Crippen LogP) is 1.79. The minimum absolute atomic E-state index is 0.0996. The van der Waals surface area contributed by atoms with Crippen molar-refractivity contribution in [2.75, 3.05) is 20.2 Å². The second kappa shape index (κ2) is 8.36. The van der Waals surface area contributed by atoms with Crippen molar-refractivity contribution >= 4 is 27.5 Å². The van der Waals surface area contributed by atoms with E-state index in [0.717, 1.165) is 6.42 Å². The van der Waals surface area contributed by atoms with E-state index in [1.54, 1.807) is 0 Å². The monoisotopic (exact) mass is 348 g/mol. The van der Waals surface area contributed by atoms with Crippen molar-refractivity contribution in [2.45, 2.75) is 25.2 Å². The number of sulfonamides is 1. The van der Waals surface area contributed by atoms with Gasteiger partial charge in [-0.25, -0.2) is 13.1 Å². The van der Waals surface area contributed by atoms with Crippen LogP contribution in [0, 0.1) is 5.92 Å². The highest BCUT2D eigenvalue weighted by atomic mass is 35.5. The smallest absolute Gasteiger partial charge is 0.244 e. The maximum absolute atomic E-state index is 12.2. The normalized spacial score (nSPS) is 11.5. The lowest BCUT2D eigenvalue weighted by Gasteiger charge is -2.11. The Kier molecular flexibility index (Phi) is 7.12. The van der Waals surface area contributed by atoms with Gasteiger partial charge < -0.3 is 10.1 Å². The molecule has 6 nitrogen and oxygen atoms in total. The van der Waals surface area contributed by atoms with E-state index in [4.69, 9.17) is 16.3 Å². The first-order valence-electron chi connectivity index (χ1n) is 6.86. The molecule has 8 heteroatoms. The third kappa shape index (κ3) is 5.82. The van der Waals surface area contributed by atoms with Gasteiger partial charge in [-0.15, -0.1) is 0 Å². The first kappa shape index (κ1) is 18.7. The summed E-state index contributed by atoms with van der Waals surface area (Å²) < 4.78 is 31.7. The molecular weight excluding hydrogens is 328 g/mol. The fourth-order valence-electron chi connectivity index (χ4n) is 1.66. The van der Waals surface area contributed by atoms with Crippen LogP contribution < -0.4 is 14.8 Å². The molecule has 0 fully saturated rings. The number of halogens is 1. The van der Waals surface area contributed by atoms with Crippen LogP contribution in [0.5, 0.6) is 5.75 Å². The molecule has 0 spiro atoms. The van der Waals surface area contributed by atoms with Gasteiger partial charge in [0.1, 0.15) is 10.6 Å². The lowest BCUT2D eigenvalue weighted by molar-refractivity contribution is -0.119. The molecule has 0 radical (unpaired) electrons. The van der Waals surface area contributed by atoms with Gasteiger partial charge in [-0.1, -0.05) is 25.4 Å². The minimum atomic E-state index is -3.88. The van der Waals surface area contributed by atoms with E-state index in [2.05, 4.69) is 10.0 Å². The number of ether oxygens (including phenoxy) is 1. The summed E-state index contributed by atoms with van der Waals surface area (Å²) in [5, 5.41) is 2.92. The van der Waals surface area contributed by atoms with E-state index in [1.807, 2.05) is 13.8 Å². The summed E-state index contributed by atoms with van der Waals surface area (Å²) in [6.45, 7) is 4.26. The highest BCUT2D eigenvalue weighted by Gasteiger charge is 2.20. The number of nitrogens with one attached hydrogen (secondary N) is 2. The molecule has 0 aliphatic carbocycles. The molecule has 0 saturated carbocycles. The Labute approximate surface area is 136 Å². The van der Waals surface area contributed by atoms with Crippen LogP contribution in [0.1, 0.15) is 20.3 Å². The van der Waals surface area contributed by atoms with E-state index in [-0.39, 0.29) is 28.1 Å². The molecule has 2 N–H and O–H groups in total. The molecule has 0 aliphatic rings. The molecule has 0 aliphatic heterocycles. The van der Waals surface area contributed by atoms with E-state index in [1.165, 1.54) is 25.3 Å². The largest absolute Gasteiger partial charge is 0.495 e. The summed E-state index contributed by atoms with van der Waals surface area (Å²) in [5.74, 6) is 0.245. The number of methoxy groups -OCH3 is 1. The molecule has 1 aromatic carbocycles. The van der Waals surface area contributed by atoms with Gasteiger partial charge >= 0.3 is 0 Å². The fraction of sp³-hybridized carbons (Fsp3) is 0.500. The maximum Gasteiger partial charge on any atom is 0.244 e. The van der Waals surface area contributed by atoms with E-state index in [9.17, 15) is 13.2 Å². The summed E-state index contributed by atoms with van der Waals surface area (Å²) in [6, 6.07) is 4.26. The molecular formula is C14H21ClN2O4S. The first-order valence-corrected chi connectivity index (χ1v) is 8.72. The maximum atomic E-state index is 12.2. The zero-order valence-corrected chi connectivity index (χ0v) is 14.4. The number of hydrogen-bond donors (Lipinski definition) is 2. The molecule has 22 heavy (non-hydrogen) atoms. The van der Waals surface area contributed by atoms with Gasteiger partial charge in [0.2, 0.25) is 15.9 Å². The molecule has 0 saturated heterocycles. The summed E-state index contributed by atoms with van der Waals surface area (Å²) in [7, 11) is -2.52. The number of hydrogen-bond acceptors (Lipinski definition) is 4. The van der Waals surface area contributed by atoms with Crippen molar-refractivity contribution in [2.24, 2.45) is 5.92 Å². The van der Waals surface area contributed by atoms with Crippen LogP contribution in [0.3, 0.4) is 0 Å². The Balaban J connectivity index is 2.68. The lowest BCUT2D eigenvalue weighted by atomic mass is 10.1. The minimum Gasteiger partial charge on any atom is -0.495 e. The highest BCUT2D eigenvalue weighted by molar-refractivity contribution is 7.89. The summed E-state index contributed by atoms with van der Waals surface area (Å²) in [4.78, 5) is 11.5. The van der Waals surface area contributed by atoms with E-state index in [0.29, 0.717) is 12.5 Å². The molecule has 1 rings (SSSR count). The Hall–Kier alpha value is -1.31. The quantitative estimate of drug-likeness (QED) is 0.750. The van der Waals surface area contributed by atoms with Gasteiger partial charge in [0, 0.05) is 11.6 Å². The van der Waals surface area contributed by atoms with Crippen LogP contribution in [0.4, 0.5) is 0 Å². The molecule has 0 aromatic heterocycles. The Bertz CT molecular complexity index is 617. The van der Waals surface area contributed by atoms with Crippen LogP contribution in [0.2, 0.25) is 5.02 Å². The zero-order valence-electron chi connectivity index (χ0n) is 12.8. The third-order valence-electron chi connectivity index (χ3n) is 2.88. The number of rotatable bonds is 8. The summed E-state index contributed by atoms with van der Waals surface area (Å²) in [6.07, 6.45) is 0.834. The third-order valence-corrected chi connectivity index (χ3v) is 4.54. The average Bonchev–Trinajstić information content (AvgIpc) is 2.45. The second-order valence-electron chi connectivity index (χ2n) is 5.15. The molecule has 1 aromatic rings. The molecule has 1 amide bonds. The van der Waals surface area contributed by atoms with Gasteiger partial charge in [-0.05, 0) is 30.5 Å². The summed E-state index contributed by atoms with van der Waals surface area (Å²) in [5.41, 5.74) is 0. The molecule has 0 atom stereocenters. The van der Waals surface area contributed by atoms with Gasteiger partial charge in [0.25, 0.3) is 0 Å². The van der Waals surface area contributed by atoms with Crippen molar-refractivity contribution in [3.63, 3.8) is 0 Å². The fourth-order valence-corrected chi connectivity index (χ4v) is 3.07. The first-order chi connectivity index (χ1) is 10.3. The van der Waals surface area contributed by atoms with Gasteiger partial charge in [-0.2, -0.15) is 0 Å². The van der Waals surface area contributed by atoms with Crippen LogP contribution in [0.25, 0.3) is 0 Å². The molecule has 124 valence electrons. The molecule has 0 unspecified atom stereocenters. The van der Waals surface area contributed by atoms with Crippen molar-refractivity contribution < 1.29 is 17.9 Å². The number of amides is 1. The Morgan fingerprint density at radius 1 is 1.36 bits per heavy atom. The molecule has 0 bridgehead atoms. The standard InChI is InChI=1S/C14H21ClN2O4S/c1-10(2)6-7-16-14(18)9-17-22(19,20)13-8-11(15)4-5-12(13)21-3/h4-5,8,10,17H,6-7,9H2,1-3H3,(H,16,18). The number of carbonyl (C=O) groups is 1. The Morgan fingerprint density at radius 3 is 2.64 bits per heavy atom. The zero-order chi connectivity index (χ0) is 16.8. The van der Waals surface area contributed by atoms with E-state index >= 15 is 0 Å².